The van der Waals surface area contributed by atoms with Gasteiger partial charge in [-0.05, 0) is 50.6 Å². The Kier molecular flexibility index (Phi) is 5.98. The van der Waals surface area contributed by atoms with Crippen LogP contribution in [-0.4, -0.2) is 34.2 Å². The number of ether oxygens (including phenoxy) is 1. The molecule has 3 rings (SSSR count). The second kappa shape index (κ2) is 8.26. The van der Waals surface area contributed by atoms with Gasteiger partial charge in [0.1, 0.15) is 17.5 Å². The highest BCUT2D eigenvalue weighted by molar-refractivity contribution is 6.30. The van der Waals surface area contributed by atoms with Gasteiger partial charge < -0.3 is 14.7 Å². The molecule has 1 aliphatic heterocycles. The van der Waals surface area contributed by atoms with E-state index in [1.807, 2.05) is 25.1 Å². The molecule has 4 nitrogen and oxygen atoms in total. The van der Waals surface area contributed by atoms with Gasteiger partial charge >= 0.3 is 0 Å². The van der Waals surface area contributed by atoms with Gasteiger partial charge in [-0.1, -0.05) is 42.5 Å². The van der Waals surface area contributed by atoms with E-state index in [-0.39, 0.29) is 12.0 Å². The molecule has 1 unspecified atom stereocenters. The fraction of sp³-hybridized carbons (Fsp3) is 0.348. The first-order valence-electron chi connectivity index (χ1n) is 9.35. The summed E-state index contributed by atoms with van der Waals surface area (Å²) in [6, 6.07) is 12.7. The van der Waals surface area contributed by atoms with E-state index in [1.165, 1.54) is 0 Å². The van der Waals surface area contributed by atoms with E-state index in [0.29, 0.717) is 29.2 Å². The van der Waals surface area contributed by atoms with Gasteiger partial charge in [0.15, 0.2) is 0 Å². The Bertz CT molecular complexity index is 937. The second-order valence-electron chi connectivity index (χ2n) is 7.48. The highest BCUT2D eigenvalue weighted by atomic mass is 35.5. The summed E-state index contributed by atoms with van der Waals surface area (Å²) in [4.78, 5) is 15.0. The smallest absolute Gasteiger partial charge is 0.254 e. The summed E-state index contributed by atoms with van der Waals surface area (Å²) in [5.74, 6) is 6.37. The molecule has 28 heavy (non-hydrogen) atoms. The Morgan fingerprint density at radius 3 is 2.82 bits per heavy atom. The summed E-state index contributed by atoms with van der Waals surface area (Å²) in [5.41, 5.74) is 1.11. The lowest BCUT2D eigenvalue weighted by atomic mass is 10.1. The number of hydrogen-bond acceptors (Lipinski definition) is 3. The number of aliphatic hydroxyl groups is 1. The molecular formula is C23H24ClNO3. The van der Waals surface area contributed by atoms with E-state index in [2.05, 4.69) is 11.8 Å². The SMILES string of the molecule is CCC1CN(C(=O)c2cccc(C#CC(C)(C)O)c2)Cc2ccc(Cl)cc2O1. The van der Waals surface area contributed by atoms with Crippen LogP contribution in [0.3, 0.4) is 0 Å². The maximum Gasteiger partial charge on any atom is 0.254 e. The number of hydrogen-bond donors (Lipinski definition) is 1. The Morgan fingerprint density at radius 2 is 2.11 bits per heavy atom. The highest BCUT2D eigenvalue weighted by Crippen LogP contribution is 2.29. The van der Waals surface area contributed by atoms with Crippen molar-refractivity contribution >= 4 is 17.5 Å². The van der Waals surface area contributed by atoms with Crippen molar-refractivity contribution < 1.29 is 14.6 Å². The topological polar surface area (TPSA) is 49.8 Å². The molecule has 5 heteroatoms. The minimum atomic E-state index is -1.08. The van der Waals surface area contributed by atoms with Crippen molar-refractivity contribution in [3.05, 3.63) is 64.2 Å². The number of carbonyl (C=O) groups excluding carboxylic acids is 1. The molecule has 0 saturated carbocycles. The molecule has 2 aromatic carbocycles. The van der Waals surface area contributed by atoms with Gasteiger partial charge in [0.05, 0.1) is 6.54 Å². The molecule has 1 heterocycles. The summed E-state index contributed by atoms with van der Waals surface area (Å²) >= 11 is 6.10. The Hall–Kier alpha value is -2.48. The molecule has 0 radical (unpaired) electrons. The highest BCUT2D eigenvalue weighted by Gasteiger charge is 2.26. The van der Waals surface area contributed by atoms with Crippen molar-refractivity contribution in [1.82, 2.24) is 4.90 Å². The lowest BCUT2D eigenvalue weighted by Gasteiger charge is -2.23. The van der Waals surface area contributed by atoms with Crippen LogP contribution in [0.1, 0.15) is 48.7 Å². The molecule has 0 fully saturated rings. The normalized spacial score (nSPS) is 16.3. The maximum absolute atomic E-state index is 13.2. The number of carbonyl (C=O) groups is 1. The average Bonchev–Trinajstić information content (AvgIpc) is 2.84. The number of halogens is 1. The Balaban J connectivity index is 1.88. The van der Waals surface area contributed by atoms with Gasteiger partial charge in [-0.25, -0.2) is 0 Å². The summed E-state index contributed by atoms with van der Waals surface area (Å²) < 4.78 is 6.07. The predicted molar refractivity (Wildman–Crippen MR) is 111 cm³/mol. The zero-order valence-electron chi connectivity index (χ0n) is 16.3. The summed E-state index contributed by atoms with van der Waals surface area (Å²) in [6.45, 7) is 6.25. The van der Waals surface area contributed by atoms with E-state index < -0.39 is 5.60 Å². The van der Waals surface area contributed by atoms with Crippen molar-refractivity contribution in [1.29, 1.82) is 0 Å². The minimum absolute atomic E-state index is 0.0724. The van der Waals surface area contributed by atoms with Crippen LogP contribution < -0.4 is 4.74 Å². The van der Waals surface area contributed by atoms with E-state index in [1.54, 1.807) is 43.0 Å². The molecule has 1 N–H and O–H groups in total. The first-order chi connectivity index (χ1) is 13.2. The quantitative estimate of drug-likeness (QED) is 0.769. The van der Waals surface area contributed by atoms with Gasteiger partial charge in [-0.15, -0.1) is 0 Å². The Labute approximate surface area is 171 Å². The fourth-order valence-corrected chi connectivity index (χ4v) is 3.17. The van der Waals surface area contributed by atoms with E-state index in [0.717, 1.165) is 17.7 Å². The second-order valence-corrected chi connectivity index (χ2v) is 7.91. The summed E-state index contributed by atoms with van der Waals surface area (Å²) in [6.07, 6.45) is 0.689. The van der Waals surface area contributed by atoms with E-state index in [9.17, 15) is 9.90 Å². The largest absolute Gasteiger partial charge is 0.488 e. The molecule has 1 amide bonds. The molecular weight excluding hydrogens is 374 g/mol. The van der Waals surface area contributed by atoms with Crippen LogP contribution >= 0.6 is 11.6 Å². The molecule has 0 spiro atoms. The molecule has 146 valence electrons. The number of nitrogens with zero attached hydrogens (tertiary/aromatic N) is 1. The molecule has 0 saturated heterocycles. The van der Waals surface area contributed by atoms with Crippen molar-refractivity contribution in [2.24, 2.45) is 0 Å². The van der Waals surface area contributed by atoms with Gasteiger partial charge in [0.2, 0.25) is 0 Å². The molecule has 0 aliphatic carbocycles. The van der Waals surface area contributed by atoms with Crippen LogP contribution in [0.2, 0.25) is 5.02 Å². The van der Waals surface area contributed by atoms with Crippen molar-refractivity contribution in [3.8, 4) is 17.6 Å². The van der Waals surface area contributed by atoms with E-state index in [4.69, 9.17) is 16.3 Å². The number of fused-ring (bicyclic) bond motifs is 1. The third-order valence-electron chi connectivity index (χ3n) is 4.47. The van der Waals surface area contributed by atoms with Gasteiger partial charge in [-0.2, -0.15) is 0 Å². The van der Waals surface area contributed by atoms with Crippen LogP contribution in [0.5, 0.6) is 5.75 Å². The molecule has 0 aromatic heterocycles. The number of amides is 1. The maximum atomic E-state index is 13.2. The van der Waals surface area contributed by atoms with Crippen LogP contribution in [0.15, 0.2) is 42.5 Å². The Morgan fingerprint density at radius 1 is 1.32 bits per heavy atom. The monoisotopic (exact) mass is 397 g/mol. The van der Waals surface area contributed by atoms with Crippen LogP contribution in [-0.2, 0) is 6.54 Å². The lowest BCUT2D eigenvalue weighted by Crippen LogP contribution is -2.37. The standard InChI is InChI=1S/C23H24ClNO3/c1-4-20-15-25(14-18-8-9-19(24)13-21(18)28-20)22(26)17-7-5-6-16(12-17)10-11-23(2,3)27/h5-9,12-13,20,27H,4,14-15H2,1-3H3. The minimum Gasteiger partial charge on any atom is -0.488 e. The van der Waals surface area contributed by atoms with Crippen LogP contribution in [0.4, 0.5) is 0 Å². The van der Waals surface area contributed by atoms with Crippen LogP contribution in [0.25, 0.3) is 0 Å². The zero-order valence-corrected chi connectivity index (χ0v) is 17.1. The summed E-state index contributed by atoms with van der Waals surface area (Å²) in [5, 5.41) is 10.4. The van der Waals surface area contributed by atoms with Crippen molar-refractivity contribution in [2.75, 3.05) is 6.54 Å². The third-order valence-corrected chi connectivity index (χ3v) is 4.71. The van der Waals surface area contributed by atoms with Gasteiger partial charge in [0.25, 0.3) is 5.91 Å². The first kappa shape index (κ1) is 20.3. The third kappa shape index (κ3) is 5.07. The molecule has 0 bridgehead atoms. The average molecular weight is 398 g/mol. The molecule has 1 atom stereocenters. The lowest BCUT2D eigenvalue weighted by molar-refractivity contribution is 0.0674. The number of benzene rings is 2. The van der Waals surface area contributed by atoms with Gasteiger partial charge in [0, 0.05) is 28.3 Å². The van der Waals surface area contributed by atoms with Crippen molar-refractivity contribution in [2.45, 2.75) is 45.4 Å². The fourth-order valence-electron chi connectivity index (χ4n) is 3.01. The molecule has 2 aromatic rings. The predicted octanol–water partition coefficient (Wildman–Crippen LogP) is 4.28. The number of rotatable bonds is 2. The zero-order chi connectivity index (χ0) is 20.3. The van der Waals surface area contributed by atoms with Crippen molar-refractivity contribution in [3.63, 3.8) is 0 Å². The van der Waals surface area contributed by atoms with Crippen LogP contribution in [0, 0.1) is 11.8 Å². The van der Waals surface area contributed by atoms with Gasteiger partial charge in [-0.3, -0.25) is 4.79 Å². The molecule has 1 aliphatic rings. The summed E-state index contributed by atoms with van der Waals surface area (Å²) in [7, 11) is 0. The van der Waals surface area contributed by atoms with E-state index >= 15 is 0 Å². The first-order valence-corrected chi connectivity index (χ1v) is 9.73.